The lowest BCUT2D eigenvalue weighted by molar-refractivity contribution is -0.145. The molecule has 1 aromatic heterocycles. The number of nitrogens with one attached hydrogen (secondary N) is 6. The molecule has 0 radical (unpaired) electrons. The van der Waals surface area contributed by atoms with Gasteiger partial charge in [0.15, 0.2) is 0 Å². The molecule has 7 atom stereocenters. The van der Waals surface area contributed by atoms with Crippen LogP contribution < -0.4 is 37.0 Å². The van der Waals surface area contributed by atoms with E-state index in [4.69, 9.17) is 15.2 Å². The quantitative estimate of drug-likeness (QED) is 0.0401. The van der Waals surface area contributed by atoms with Gasteiger partial charge in [-0.3, -0.25) is 33.3 Å². The molecule has 0 saturated carbocycles. The Labute approximate surface area is 428 Å². The molecule has 6 rings (SSSR count). The van der Waals surface area contributed by atoms with Crippen LogP contribution in [0.3, 0.4) is 0 Å². The number of hydrogen-bond acceptors (Lipinski definition) is 13. The van der Waals surface area contributed by atoms with E-state index in [0.29, 0.717) is 28.4 Å². The van der Waals surface area contributed by atoms with Crippen LogP contribution in [-0.4, -0.2) is 122 Å². The zero-order valence-corrected chi connectivity index (χ0v) is 42.4. The van der Waals surface area contributed by atoms with E-state index in [0.717, 1.165) is 30.0 Å². The van der Waals surface area contributed by atoms with Gasteiger partial charge in [0.2, 0.25) is 46.0 Å². The fraction of sp³-hybridized carbons (Fsp3) is 0.365. The summed E-state index contributed by atoms with van der Waals surface area (Å²) < 4.78 is 41.3. The number of esters is 1. The van der Waals surface area contributed by atoms with Crippen LogP contribution in [0.2, 0.25) is 0 Å². The van der Waals surface area contributed by atoms with Crippen LogP contribution in [0, 0.1) is 6.92 Å². The maximum Gasteiger partial charge on any atom is 0.329 e. The summed E-state index contributed by atoms with van der Waals surface area (Å²) in [5.74, 6) is -4.98. The van der Waals surface area contributed by atoms with E-state index in [1.165, 1.54) is 22.9 Å². The molecule has 1 fully saturated rings. The minimum absolute atomic E-state index is 0.0157. The lowest BCUT2D eigenvalue weighted by Gasteiger charge is -2.29. The van der Waals surface area contributed by atoms with Crippen molar-refractivity contribution in [3.05, 3.63) is 138 Å². The fourth-order valence-corrected chi connectivity index (χ4v) is 10.2. The number of unbranched alkanes of at least 4 members (excludes halogenated alkanes) is 1. The van der Waals surface area contributed by atoms with Gasteiger partial charge in [0.05, 0.1) is 36.3 Å². The molecule has 4 aromatic carbocycles. The molecule has 0 aliphatic carbocycles. The van der Waals surface area contributed by atoms with Gasteiger partial charge in [-0.1, -0.05) is 96.6 Å². The van der Waals surface area contributed by atoms with Gasteiger partial charge in [-0.15, -0.1) is 0 Å². The largest absolute Gasteiger partial charge is 0.467 e. The Morgan fingerprint density at radius 1 is 0.753 bits per heavy atom. The Hall–Kier alpha value is -6.91. The second-order valence-corrected chi connectivity index (χ2v) is 20.5. The number of hydrogen-bond donors (Lipinski definition) is 7. The number of nitrogens with zero attached hydrogens (tertiary/aromatic N) is 1. The first-order valence-electron chi connectivity index (χ1n) is 23.8. The molecule has 8 N–H and O–H groups in total. The Balaban J connectivity index is 1.37. The zero-order valence-electron chi connectivity index (χ0n) is 40.8. The van der Waals surface area contributed by atoms with Gasteiger partial charge in [0.1, 0.15) is 30.2 Å². The predicted octanol–water partition coefficient (Wildman–Crippen LogP) is 2.20. The van der Waals surface area contributed by atoms with Crippen molar-refractivity contribution in [3.8, 4) is 0 Å². The number of methoxy groups -OCH3 is 1. The summed E-state index contributed by atoms with van der Waals surface area (Å²) in [7, 11) is -2.74. The predicted molar refractivity (Wildman–Crippen MR) is 276 cm³/mol. The highest BCUT2D eigenvalue weighted by Gasteiger charge is 2.36. The number of sulfonamides is 1. The molecule has 0 unspecified atom stereocenters. The number of rotatable bonds is 17. The number of fused-ring (bicyclic) bond motifs is 1. The average Bonchev–Trinajstić information content (AvgIpc) is 3.75. The summed E-state index contributed by atoms with van der Waals surface area (Å²) >= 11 is 1.07. The number of carbonyl (C=O) groups is 7. The Morgan fingerprint density at radius 3 is 2.03 bits per heavy atom. The SMILES string of the molecule is COC(=O)[C@@H]1CSC[C@H](N)C(=O)N[C@@H](Cc2ccccc2)C(=O)N[C@H](Cc2cn(C=O)c3ccccc23)C(=O)N[C@@H](CCCCNS(=O)(=O)c2ccc(C)cc2)C(=O)N[C@@H]([C@@H](C)OCc2ccccc2)C(=O)N1. The number of benzene rings is 4. The summed E-state index contributed by atoms with van der Waals surface area (Å²) in [6, 6.07) is 23.1. The number of aromatic nitrogens is 1. The summed E-state index contributed by atoms with van der Waals surface area (Å²) in [5, 5.41) is 14.4. The van der Waals surface area contributed by atoms with Crippen molar-refractivity contribution in [2.24, 2.45) is 5.73 Å². The number of para-hydroxylation sites is 1. The Morgan fingerprint density at radius 2 is 1.36 bits per heavy atom. The van der Waals surface area contributed by atoms with Gasteiger partial charge in [-0.2, -0.15) is 11.8 Å². The van der Waals surface area contributed by atoms with Crippen molar-refractivity contribution in [3.63, 3.8) is 0 Å². The average molecular weight is 1040 g/mol. The number of aryl methyl sites for hydroxylation is 1. The van der Waals surface area contributed by atoms with E-state index in [-0.39, 0.29) is 61.7 Å². The van der Waals surface area contributed by atoms with Crippen LogP contribution in [-0.2, 0) is 72.5 Å². The lowest BCUT2D eigenvalue weighted by atomic mass is 10.0. The van der Waals surface area contributed by atoms with E-state index >= 15 is 0 Å². The van der Waals surface area contributed by atoms with Crippen LogP contribution in [0.1, 0.15) is 48.4 Å². The first kappa shape index (κ1) is 55.4. The van der Waals surface area contributed by atoms with Gasteiger partial charge >= 0.3 is 5.97 Å². The van der Waals surface area contributed by atoms with Gasteiger partial charge in [-0.05, 0) is 68.0 Å². The Bertz CT molecular complexity index is 2820. The topological polar surface area (TPSA) is 275 Å². The molecule has 21 heteroatoms. The second-order valence-electron chi connectivity index (χ2n) is 17.7. The molecular weight excluding hydrogens is 977 g/mol. The fourth-order valence-electron chi connectivity index (χ4n) is 8.10. The highest BCUT2D eigenvalue weighted by atomic mass is 32.2. The summed E-state index contributed by atoms with van der Waals surface area (Å²) in [5.41, 5.74) is 9.72. The molecule has 0 spiro atoms. The van der Waals surface area contributed by atoms with E-state index in [2.05, 4.69) is 31.3 Å². The first-order chi connectivity index (χ1) is 35.1. The van der Waals surface area contributed by atoms with Gasteiger partial charge in [0.25, 0.3) is 0 Å². The highest BCUT2D eigenvalue weighted by molar-refractivity contribution is 7.99. The minimum Gasteiger partial charge on any atom is -0.467 e. The number of amides is 5. The second kappa shape index (κ2) is 26.7. The highest BCUT2D eigenvalue weighted by Crippen LogP contribution is 2.23. The third kappa shape index (κ3) is 15.8. The smallest absolute Gasteiger partial charge is 0.329 e. The maximum absolute atomic E-state index is 14.9. The maximum atomic E-state index is 14.9. The lowest BCUT2D eigenvalue weighted by Crippen LogP contribution is -2.61. The molecule has 2 heterocycles. The van der Waals surface area contributed by atoms with Crippen LogP contribution >= 0.6 is 11.8 Å². The number of nitrogens with two attached hydrogens (primary N) is 1. The van der Waals surface area contributed by atoms with Crippen LogP contribution in [0.15, 0.2) is 120 Å². The molecule has 5 aromatic rings. The minimum atomic E-state index is -3.89. The molecular formula is C52H62N8O11S2. The van der Waals surface area contributed by atoms with Crippen LogP contribution in [0.25, 0.3) is 10.9 Å². The van der Waals surface area contributed by atoms with E-state index in [1.807, 2.05) is 37.3 Å². The third-order valence-corrected chi connectivity index (χ3v) is 14.9. The van der Waals surface area contributed by atoms with Crippen molar-refractivity contribution >= 4 is 74.6 Å². The van der Waals surface area contributed by atoms with Gasteiger partial charge in [-0.25, -0.2) is 17.9 Å². The van der Waals surface area contributed by atoms with Crippen molar-refractivity contribution in [2.45, 2.75) is 99.8 Å². The number of thioether (sulfide) groups is 1. The monoisotopic (exact) mass is 1040 g/mol. The molecule has 0 bridgehead atoms. The molecule has 5 amide bonds. The van der Waals surface area contributed by atoms with E-state index < -0.39 is 87.9 Å². The zero-order chi connectivity index (χ0) is 52.5. The van der Waals surface area contributed by atoms with Crippen molar-refractivity contribution in [1.29, 1.82) is 0 Å². The number of ether oxygens (including phenoxy) is 2. The summed E-state index contributed by atoms with van der Waals surface area (Å²) in [4.78, 5) is 97.8. The van der Waals surface area contributed by atoms with Crippen LogP contribution in [0.5, 0.6) is 0 Å². The summed E-state index contributed by atoms with van der Waals surface area (Å²) in [6.45, 7) is 3.40. The number of carbonyl (C=O) groups excluding carboxylic acids is 7. The summed E-state index contributed by atoms with van der Waals surface area (Å²) in [6.07, 6.45) is 1.18. The molecule has 73 heavy (non-hydrogen) atoms. The molecule has 388 valence electrons. The van der Waals surface area contributed by atoms with Crippen molar-refractivity contribution < 1.29 is 51.5 Å². The third-order valence-electron chi connectivity index (χ3n) is 12.2. The van der Waals surface area contributed by atoms with Crippen molar-refractivity contribution in [2.75, 3.05) is 25.2 Å². The Kier molecular flexibility index (Phi) is 20.3. The van der Waals surface area contributed by atoms with Gasteiger partial charge < -0.3 is 41.8 Å². The van der Waals surface area contributed by atoms with Crippen molar-refractivity contribution in [1.82, 2.24) is 35.9 Å². The normalized spacial score (nSPS) is 21.2. The molecule has 1 aliphatic rings. The van der Waals surface area contributed by atoms with Gasteiger partial charge in [0, 0.05) is 42.5 Å². The molecule has 19 nitrogen and oxygen atoms in total. The molecule has 1 aliphatic heterocycles. The van der Waals surface area contributed by atoms with E-state index in [1.54, 1.807) is 73.7 Å². The van der Waals surface area contributed by atoms with E-state index in [9.17, 15) is 42.0 Å². The molecule has 1 saturated heterocycles. The standard InChI is InChI=1S/C52H62N8O11S2/c1-33-21-23-38(24-22-33)73(68,69)54-25-13-12-19-41-48(63)59-46(34(2)71-29-36-16-8-5-9-17-36)51(66)58-44(52(67)70-3)31-72-30-40(53)47(62)56-42(26-35-14-6-4-7-15-35)49(64)57-43(50(65)55-41)27-37-28-60(32-61)45-20-11-10-18-39(37)45/h4-11,14-18,20-24,28,32,34,40-44,46,54H,12-13,19,25-27,29-31,53H2,1-3H3,(H,55,65)(H,56,62)(H,57,64)(H,58,66)(H,59,63)/t34-,40+,41+,42+,43-,44+,46+/m1/s1. The van der Waals surface area contributed by atoms with Crippen LogP contribution in [0.4, 0.5) is 0 Å². The first-order valence-corrected chi connectivity index (χ1v) is 26.4.